The summed E-state index contributed by atoms with van der Waals surface area (Å²) in [4.78, 5) is 11.3. The van der Waals surface area contributed by atoms with E-state index in [4.69, 9.17) is 5.73 Å². The summed E-state index contributed by atoms with van der Waals surface area (Å²) in [6.45, 7) is 2.09. The first-order chi connectivity index (χ1) is 6.22. The second kappa shape index (κ2) is 5.22. The summed E-state index contributed by atoms with van der Waals surface area (Å²) in [5.74, 6) is 0.130. The molecule has 1 saturated carbocycles. The van der Waals surface area contributed by atoms with Crippen molar-refractivity contribution in [2.24, 2.45) is 5.73 Å². The molecule has 0 aromatic heterocycles. The minimum Gasteiger partial charge on any atom is -0.353 e. The summed E-state index contributed by atoms with van der Waals surface area (Å²) in [5.41, 5.74) is 5.76. The third kappa shape index (κ3) is 3.77. The number of nitrogens with two attached hydrogens (primary N) is 1. The molecule has 0 aromatic carbocycles. The van der Waals surface area contributed by atoms with Crippen LogP contribution in [-0.4, -0.2) is 18.0 Å². The van der Waals surface area contributed by atoms with Crippen LogP contribution in [0.3, 0.4) is 0 Å². The van der Waals surface area contributed by atoms with Gasteiger partial charge >= 0.3 is 0 Å². The molecule has 0 spiro atoms. The van der Waals surface area contributed by atoms with Gasteiger partial charge < -0.3 is 11.1 Å². The summed E-state index contributed by atoms with van der Waals surface area (Å²) >= 11 is 0. The Bertz CT molecular complexity index is 166. The van der Waals surface area contributed by atoms with Gasteiger partial charge in [-0.1, -0.05) is 13.3 Å². The fourth-order valence-electron chi connectivity index (χ4n) is 1.55. The van der Waals surface area contributed by atoms with Crippen LogP contribution >= 0.6 is 0 Å². The molecule has 1 aliphatic rings. The average Bonchev–Trinajstić information content (AvgIpc) is 1.97. The number of carbonyl (C=O) groups is 1. The predicted octanol–water partition coefficient (Wildman–Crippen LogP) is 1.17. The molecule has 0 aromatic rings. The van der Waals surface area contributed by atoms with Crippen molar-refractivity contribution in [3.8, 4) is 0 Å². The lowest BCUT2D eigenvalue weighted by Gasteiger charge is -2.26. The van der Waals surface area contributed by atoms with Gasteiger partial charge in [0.05, 0.1) is 0 Å². The van der Waals surface area contributed by atoms with Crippen LogP contribution in [0.15, 0.2) is 0 Å². The summed E-state index contributed by atoms with van der Waals surface area (Å²) in [6.07, 6.45) is 6.04. The monoisotopic (exact) mass is 184 g/mol. The number of rotatable bonds is 5. The van der Waals surface area contributed by atoms with Crippen LogP contribution in [0, 0.1) is 0 Å². The van der Waals surface area contributed by atoms with Gasteiger partial charge in [-0.15, -0.1) is 0 Å². The molecule has 3 nitrogen and oxygen atoms in total. The van der Waals surface area contributed by atoms with E-state index < -0.39 is 0 Å². The first-order valence-electron chi connectivity index (χ1n) is 5.27. The fourth-order valence-corrected chi connectivity index (χ4v) is 1.55. The second-order valence-electron chi connectivity index (χ2n) is 3.95. The third-order valence-electron chi connectivity index (χ3n) is 2.58. The van der Waals surface area contributed by atoms with E-state index in [-0.39, 0.29) is 11.9 Å². The van der Waals surface area contributed by atoms with Crippen molar-refractivity contribution in [2.75, 3.05) is 0 Å². The average molecular weight is 184 g/mol. The van der Waals surface area contributed by atoms with Crippen LogP contribution in [0.2, 0.25) is 0 Å². The van der Waals surface area contributed by atoms with E-state index in [1.165, 1.54) is 6.42 Å². The number of nitrogens with one attached hydrogen (secondary N) is 1. The zero-order chi connectivity index (χ0) is 9.68. The van der Waals surface area contributed by atoms with Gasteiger partial charge in [0.15, 0.2) is 0 Å². The van der Waals surface area contributed by atoms with E-state index in [9.17, 15) is 4.79 Å². The lowest BCUT2D eigenvalue weighted by molar-refractivity contribution is -0.122. The molecule has 0 radical (unpaired) electrons. The Labute approximate surface area is 80.1 Å². The SMILES string of the molecule is CCCC(N)CC(=O)NC1CCC1. The molecule has 0 saturated heterocycles. The second-order valence-corrected chi connectivity index (χ2v) is 3.95. The van der Waals surface area contributed by atoms with Gasteiger partial charge in [0.25, 0.3) is 0 Å². The van der Waals surface area contributed by atoms with Crippen LogP contribution in [-0.2, 0) is 4.79 Å². The van der Waals surface area contributed by atoms with Gasteiger partial charge in [-0.05, 0) is 25.7 Å². The van der Waals surface area contributed by atoms with E-state index in [0.29, 0.717) is 12.5 Å². The maximum atomic E-state index is 11.3. The van der Waals surface area contributed by atoms with Crippen molar-refractivity contribution in [3.05, 3.63) is 0 Å². The Kier molecular flexibility index (Phi) is 4.22. The molecule has 76 valence electrons. The van der Waals surface area contributed by atoms with Gasteiger partial charge in [-0.3, -0.25) is 4.79 Å². The minimum absolute atomic E-state index is 0.0464. The Morgan fingerprint density at radius 1 is 1.62 bits per heavy atom. The molecular formula is C10H20N2O. The lowest BCUT2D eigenvalue weighted by Crippen LogP contribution is -2.41. The van der Waals surface area contributed by atoms with E-state index in [0.717, 1.165) is 25.7 Å². The molecule has 0 heterocycles. The molecule has 1 aliphatic carbocycles. The Hall–Kier alpha value is -0.570. The summed E-state index contributed by atoms with van der Waals surface area (Å²) in [5, 5.41) is 2.99. The highest BCUT2D eigenvalue weighted by atomic mass is 16.1. The Balaban J connectivity index is 2.08. The molecule has 3 N–H and O–H groups in total. The standard InChI is InChI=1S/C10H20N2O/c1-2-4-8(11)7-10(13)12-9-5-3-6-9/h8-9H,2-7,11H2,1H3,(H,12,13). The van der Waals surface area contributed by atoms with E-state index in [1.807, 2.05) is 0 Å². The molecule has 1 fully saturated rings. The number of hydrogen-bond acceptors (Lipinski definition) is 2. The number of carbonyl (C=O) groups excluding carboxylic acids is 1. The molecule has 13 heavy (non-hydrogen) atoms. The van der Waals surface area contributed by atoms with Crippen LogP contribution in [0.4, 0.5) is 0 Å². The first-order valence-corrected chi connectivity index (χ1v) is 5.27. The Morgan fingerprint density at radius 3 is 2.77 bits per heavy atom. The normalized spacial score (nSPS) is 19.2. The Morgan fingerprint density at radius 2 is 2.31 bits per heavy atom. The van der Waals surface area contributed by atoms with Crippen molar-refractivity contribution in [1.82, 2.24) is 5.32 Å². The fraction of sp³-hybridized carbons (Fsp3) is 0.900. The van der Waals surface area contributed by atoms with E-state index in [1.54, 1.807) is 0 Å². The highest BCUT2D eigenvalue weighted by Gasteiger charge is 2.19. The van der Waals surface area contributed by atoms with Crippen molar-refractivity contribution in [1.29, 1.82) is 0 Å². The van der Waals surface area contributed by atoms with Crippen molar-refractivity contribution in [2.45, 2.75) is 57.5 Å². The molecule has 3 heteroatoms. The first kappa shape index (κ1) is 10.5. The van der Waals surface area contributed by atoms with Crippen LogP contribution < -0.4 is 11.1 Å². The summed E-state index contributed by atoms with van der Waals surface area (Å²) in [7, 11) is 0. The predicted molar refractivity (Wildman–Crippen MR) is 53.3 cm³/mol. The zero-order valence-electron chi connectivity index (χ0n) is 8.38. The highest BCUT2D eigenvalue weighted by Crippen LogP contribution is 2.18. The van der Waals surface area contributed by atoms with Crippen LogP contribution in [0.1, 0.15) is 45.4 Å². The van der Waals surface area contributed by atoms with Gasteiger partial charge in [-0.25, -0.2) is 0 Å². The van der Waals surface area contributed by atoms with Crippen molar-refractivity contribution < 1.29 is 4.79 Å². The van der Waals surface area contributed by atoms with Gasteiger partial charge in [0.1, 0.15) is 0 Å². The molecule has 1 atom stereocenters. The van der Waals surface area contributed by atoms with E-state index in [2.05, 4.69) is 12.2 Å². The maximum Gasteiger partial charge on any atom is 0.221 e. The quantitative estimate of drug-likeness (QED) is 0.674. The third-order valence-corrected chi connectivity index (χ3v) is 2.58. The molecule has 0 bridgehead atoms. The van der Waals surface area contributed by atoms with Gasteiger partial charge in [0, 0.05) is 18.5 Å². The largest absolute Gasteiger partial charge is 0.353 e. The summed E-state index contributed by atoms with van der Waals surface area (Å²) in [6, 6.07) is 0.492. The van der Waals surface area contributed by atoms with Crippen LogP contribution in [0.25, 0.3) is 0 Å². The molecule has 1 rings (SSSR count). The highest BCUT2D eigenvalue weighted by molar-refractivity contribution is 5.76. The van der Waals surface area contributed by atoms with Gasteiger partial charge in [0.2, 0.25) is 5.91 Å². The smallest absolute Gasteiger partial charge is 0.221 e. The molecule has 1 unspecified atom stereocenters. The maximum absolute atomic E-state index is 11.3. The molecule has 0 aliphatic heterocycles. The lowest BCUT2D eigenvalue weighted by atomic mass is 9.93. The van der Waals surface area contributed by atoms with Crippen molar-refractivity contribution >= 4 is 5.91 Å². The number of hydrogen-bond donors (Lipinski definition) is 2. The van der Waals surface area contributed by atoms with Gasteiger partial charge in [-0.2, -0.15) is 0 Å². The molecular weight excluding hydrogens is 164 g/mol. The van der Waals surface area contributed by atoms with Crippen molar-refractivity contribution in [3.63, 3.8) is 0 Å². The van der Waals surface area contributed by atoms with E-state index >= 15 is 0 Å². The minimum atomic E-state index is 0.0464. The zero-order valence-corrected chi connectivity index (χ0v) is 8.38. The topological polar surface area (TPSA) is 55.1 Å². The summed E-state index contributed by atoms with van der Waals surface area (Å²) < 4.78 is 0. The molecule has 1 amide bonds. The number of amides is 1. The van der Waals surface area contributed by atoms with Crippen LogP contribution in [0.5, 0.6) is 0 Å².